The van der Waals surface area contributed by atoms with Crippen LogP contribution in [0.15, 0.2) is 52.0 Å². The van der Waals surface area contributed by atoms with Crippen LogP contribution in [0.3, 0.4) is 0 Å². The Balaban J connectivity index is 0.00000210. The largest absolute Gasteiger partial charge is 0.467 e. The number of sulfonamides is 1. The van der Waals surface area contributed by atoms with Gasteiger partial charge in [-0.25, -0.2) is 8.42 Å². The highest BCUT2D eigenvalue weighted by Gasteiger charge is 2.43. The molecular weight excluding hydrogens is 390 g/mol. The number of furan rings is 1. The lowest BCUT2D eigenvalue weighted by Crippen LogP contribution is -2.39. The quantitative estimate of drug-likeness (QED) is 0.780. The van der Waals surface area contributed by atoms with E-state index in [1.165, 1.54) is 12.3 Å². The molecule has 0 bridgehead atoms. The predicted octanol–water partition coefficient (Wildman–Crippen LogP) is 1.61. The first-order valence-electron chi connectivity index (χ1n) is 8.69. The first-order valence-corrected chi connectivity index (χ1v) is 10.1. The van der Waals surface area contributed by atoms with E-state index in [9.17, 15) is 13.2 Å². The number of nitrogens with one attached hydrogen (secondary N) is 2. The maximum Gasteiger partial charge on any atom is 0.251 e. The molecule has 2 aliphatic heterocycles. The molecule has 0 saturated carbocycles. The van der Waals surface area contributed by atoms with Gasteiger partial charge < -0.3 is 15.1 Å². The Morgan fingerprint density at radius 3 is 2.89 bits per heavy atom. The molecule has 2 aliphatic rings. The molecule has 9 heteroatoms. The lowest BCUT2D eigenvalue weighted by molar-refractivity contribution is 0.0948. The van der Waals surface area contributed by atoms with E-state index in [2.05, 4.69) is 10.6 Å². The van der Waals surface area contributed by atoms with E-state index in [0.29, 0.717) is 30.3 Å². The molecule has 27 heavy (non-hydrogen) atoms. The van der Waals surface area contributed by atoms with Crippen LogP contribution in [0.2, 0.25) is 0 Å². The highest BCUT2D eigenvalue weighted by atomic mass is 35.5. The number of carbonyl (C=O) groups excluding carboxylic acids is 1. The summed E-state index contributed by atoms with van der Waals surface area (Å²) >= 11 is 0. The van der Waals surface area contributed by atoms with E-state index in [0.717, 1.165) is 13.0 Å². The van der Waals surface area contributed by atoms with Crippen LogP contribution in [-0.4, -0.2) is 44.3 Å². The highest BCUT2D eigenvalue weighted by molar-refractivity contribution is 7.89. The molecule has 4 rings (SSSR count). The number of hydrogen-bond acceptors (Lipinski definition) is 5. The topological polar surface area (TPSA) is 91.6 Å². The summed E-state index contributed by atoms with van der Waals surface area (Å²) in [5, 5.41) is 5.99. The van der Waals surface area contributed by atoms with Gasteiger partial charge in [0.05, 0.1) is 17.7 Å². The fraction of sp³-hybridized carbons (Fsp3) is 0.389. The van der Waals surface area contributed by atoms with Crippen molar-refractivity contribution >= 4 is 28.3 Å². The number of amides is 1. The van der Waals surface area contributed by atoms with Crippen molar-refractivity contribution in [2.75, 3.05) is 19.6 Å². The van der Waals surface area contributed by atoms with Gasteiger partial charge >= 0.3 is 0 Å². The predicted molar refractivity (Wildman–Crippen MR) is 102 cm³/mol. The number of hydrogen-bond donors (Lipinski definition) is 2. The molecule has 2 aromatic rings. The Morgan fingerprint density at radius 1 is 1.26 bits per heavy atom. The van der Waals surface area contributed by atoms with Crippen LogP contribution in [0.5, 0.6) is 0 Å². The summed E-state index contributed by atoms with van der Waals surface area (Å²) in [4.78, 5) is 12.5. The van der Waals surface area contributed by atoms with Gasteiger partial charge in [-0.1, -0.05) is 6.07 Å². The molecular formula is C18H22ClN3O4S. The van der Waals surface area contributed by atoms with Crippen molar-refractivity contribution in [1.29, 1.82) is 0 Å². The van der Waals surface area contributed by atoms with Crippen LogP contribution < -0.4 is 10.6 Å². The second kappa shape index (κ2) is 8.02. The summed E-state index contributed by atoms with van der Waals surface area (Å²) in [5.74, 6) is 0.684. The average molecular weight is 412 g/mol. The van der Waals surface area contributed by atoms with E-state index in [1.807, 2.05) is 0 Å². The molecule has 1 aromatic heterocycles. The van der Waals surface area contributed by atoms with Gasteiger partial charge in [-0.2, -0.15) is 4.31 Å². The molecule has 1 aromatic carbocycles. The van der Waals surface area contributed by atoms with Gasteiger partial charge in [0.2, 0.25) is 10.0 Å². The molecule has 0 radical (unpaired) electrons. The third-order valence-corrected chi connectivity index (χ3v) is 7.02. The van der Waals surface area contributed by atoms with Crippen LogP contribution >= 0.6 is 12.4 Å². The minimum atomic E-state index is -3.61. The summed E-state index contributed by atoms with van der Waals surface area (Å²) in [6, 6.07) is 9.74. The molecule has 2 N–H and O–H groups in total. The number of halogens is 1. The zero-order chi connectivity index (χ0) is 18.1. The molecule has 2 saturated heterocycles. The molecule has 2 fully saturated rings. The van der Waals surface area contributed by atoms with Crippen molar-refractivity contribution in [1.82, 2.24) is 14.9 Å². The maximum absolute atomic E-state index is 13.0. The SMILES string of the molecule is Cl.O=C(NCc1ccco1)c1cccc(S(=O)(=O)N2CC[C@H]3CNC[C@H]32)c1. The monoisotopic (exact) mass is 411 g/mol. The summed E-state index contributed by atoms with van der Waals surface area (Å²) in [6.45, 7) is 2.34. The van der Waals surface area contributed by atoms with Crippen molar-refractivity contribution in [3.05, 3.63) is 54.0 Å². The summed E-state index contributed by atoms with van der Waals surface area (Å²) in [7, 11) is -3.61. The fourth-order valence-electron chi connectivity index (χ4n) is 3.72. The van der Waals surface area contributed by atoms with Crippen LogP contribution in [-0.2, 0) is 16.6 Å². The number of carbonyl (C=O) groups is 1. The fourth-order valence-corrected chi connectivity index (χ4v) is 5.47. The van der Waals surface area contributed by atoms with E-state index in [1.54, 1.807) is 34.6 Å². The van der Waals surface area contributed by atoms with Gasteiger partial charge in [0.15, 0.2) is 0 Å². The van der Waals surface area contributed by atoms with Crippen molar-refractivity contribution in [2.24, 2.45) is 5.92 Å². The van der Waals surface area contributed by atoms with Crippen LogP contribution in [0.25, 0.3) is 0 Å². The number of nitrogens with zero attached hydrogens (tertiary/aromatic N) is 1. The molecule has 0 spiro atoms. The van der Waals surface area contributed by atoms with Crippen molar-refractivity contribution in [3.8, 4) is 0 Å². The minimum absolute atomic E-state index is 0. The van der Waals surface area contributed by atoms with E-state index in [-0.39, 0.29) is 35.8 Å². The molecule has 1 amide bonds. The summed E-state index contributed by atoms with van der Waals surface area (Å²) < 4.78 is 32.9. The molecule has 7 nitrogen and oxygen atoms in total. The molecule has 0 aliphatic carbocycles. The lowest BCUT2D eigenvalue weighted by atomic mass is 10.1. The second-order valence-electron chi connectivity index (χ2n) is 6.68. The van der Waals surface area contributed by atoms with E-state index in [4.69, 9.17) is 4.42 Å². The van der Waals surface area contributed by atoms with Gasteiger partial charge in [-0.15, -0.1) is 12.4 Å². The molecule has 0 unspecified atom stereocenters. The van der Waals surface area contributed by atoms with Gasteiger partial charge in [-0.3, -0.25) is 4.79 Å². The molecule has 3 heterocycles. The first-order chi connectivity index (χ1) is 12.6. The highest BCUT2D eigenvalue weighted by Crippen LogP contribution is 2.32. The van der Waals surface area contributed by atoms with Gasteiger partial charge in [-0.05, 0) is 49.2 Å². The Labute approximate surface area is 164 Å². The zero-order valence-electron chi connectivity index (χ0n) is 14.6. The van der Waals surface area contributed by atoms with Gasteiger partial charge in [0, 0.05) is 24.7 Å². The maximum atomic E-state index is 13.0. The minimum Gasteiger partial charge on any atom is -0.467 e. The van der Waals surface area contributed by atoms with Crippen molar-refractivity contribution in [3.63, 3.8) is 0 Å². The smallest absolute Gasteiger partial charge is 0.251 e. The van der Waals surface area contributed by atoms with Crippen LogP contribution in [0, 0.1) is 5.92 Å². The van der Waals surface area contributed by atoms with Crippen LogP contribution in [0.4, 0.5) is 0 Å². The Bertz CT molecular complexity index is 901. The van der Waals surface area contributed by atoms with Crippen LogP contribution in [0.1, 0.15) is 22.5 Å². The Kier molecular flexibility index (Phi) is 5.90. The third-order valence-electron chi connectivity index (χ3n) is 5.10. The standard InChI is InChI=1S/C18H21N3O4S.ClH/c22-18(20-11-15-4-2-8-25-15)13-3-1-5-16(9-13)26(23,24)21-7-6-14-10-19-12-17(14)21;/h1-5,8-9,14,17,19H,6-7,10-12H2,(H,20,22);1H/t14-,17+;/m0./s1. The normalized spacial score (nSPS) is 22.2. The molecule has 146 valence electrons. The van der Waals surface area contributed by atoms with Crippen molar-refractivity contribution in [2.45, 2.75) is 23.9 Å². The average Bonchev–Trinajstić information content (AvgIpc) is 3.37. The van der Waals surface area contributed by atoms with E-state index >= 15 is 0 Å². The summed E-state index contributed by atoms with van der Waals surface area (Å²) in [5.41, 5.74) is 0.318. The number of benzene rings is 1. The zero-order valence-corrected chi connectivity index (χ0v) is 16.3. The van der Waals surface area contributed by atoms with Gasteiger partial charge in [0.1, 0.15) is 5.76 Å². The molecule has 2 atom stereocenters. The number of fused-ring (bicyclic) bond motifs is 1. The third kappa shape index (κ3) is 3.89. The van der Waals surface area contributed by atoms with Gasteiger partial charge in [0.25, 0.3) is 5.91 Å². The first kappa shape index (κ1) is 19.9. The second-order valence-corrected chi connectivity index (χ2v) is 8.57. The summed E-state index contributed by atoms with van der Waals surface area (Å²) in [6.07, 6.45) is 2.41. The number of rotatable bonds is 5. The van der Waals surface area contributed by atoms with Crippen molar-refractivity contribution < 1.29 is 17.6 Å². The Hall–Kier alpha value is -1.87. The lowest BCUT2D eigenvalue weighted by Gasteiger charge is -2.23. The Morgan fingerprint density at radius 2 is 2.11 bits per heavy atom. The van der Waals surface area contributed by atoms with E-state index < -0.39 is 10.0 Å².